The van der Waals surface area contributed by atoms with Gasteiger partial charge in [0.15, 0.2) is 5.78 Å². The summed E-state index contributed by atoms with van der Waals surface area (Å²) in [5.41, 5.74) is 1.72. The molecule has 0 amide bonds. The Labute approximate surface area is 133 Å². The van der Waals surface area contributed by atoms with Crippen LogP contribution in [-0.2, 0) is 0 Å². The van der Waals surface area contributed by atoms with Crippen molar-refractivity contribution in [2.45, 2.75) is 6.92 Å². The van der Waals surface area contributed by atoms with Crippen LogP contribution in [0.2, 0.25) is 0 Å². The lowest BCUT2D eigenvalue weighted by atomic mass is 10.1. The Morgan fingerprint density at radius 1 is 1.18 bits per heavy atom. The maximum absolute atomic E-state index is 12.3. The molecule has 22 heavy (non-hydrogen) atoms. The van der Waals surface area contributed by atoms with E-state index in [-0.39, 0.29) is 5.78 Å². The maximum Gasteiger partial charge on any atom is 0.185 e. The second-order valence-corrected chi connectivity index (χ2v) is 5.76. The van der Waals surface area contributed by atoms with Crippen LogP contribution in [-0.4, -0.2) is 12.4 Å². The van der Waals surface area contributed by atoms with E-state index in [2.05, 4.69) is 17.5 Å². The molecule has 0 spiro atoms. The summed E-state index contributed by atoms with van der Waals surface area (Å²) in [7, 11) is 0. The highest BCUT2D eigenvalue weighted by atomic mass is 32.1. The van der Waals surface area contributed by atoms with Crippen LogP contribution in [0.15, 0.2) is 60.0 Å². The van der Waals surface area contributed by atoms with Crippen LogP contribution >= 0.6 is 11.3 Å². The van der Waals surface area contributed by atoms with E-state index in [1.165, 1.54) is 10.1 Å². The predicted molar refractivity (Wildman–Crippen MR) is 92.8 cm³/mol. The fourth-order valence-electron chi connectivity index (χ4n) is 2.29. The average molecular weight is 308 g/mol. The Morgan fingerprint density at radius 2 is 2.05 bits per heavy atom. The Hall–Kier alpha value is -2.39. The molecule has 1 aromatic heterocycles. The van der Waals surface area contributed by atoms with Crippen molar-refractivity contribution in [1.29, 1.82) is 0 Å². The van der Waals surface area contributed by atoms with E-state index >= 15 is 0 Å². The highest BCUT2D eigenvalue weighted by molar-refractivity contribution is 7.17. The van der Waals surface area contributed by atoms with E-state index in [1.54, 1.807) is 29.5 Å². The summed E-state index contributed by atoms with van der Waals surface area (Å²) in [6.07, 6.45) is 3.51. The first-order valence-electron chi connectivity index (χ1n) is 7.19. The van der Waals surface area contributed by atoms with Crippen molar-refractivity contribution < 1.29 is 9.53 Å². The van der Waals surface area contributed by atoms with Crippen LogP contribution < -0.4 is 4.74 Å². The fourth-order valence-corrected chi connectivity index (χ4v) is 3.22. The SMILES string of the molecule is CCOc1cccc(C(=O)C=Cc2csc3ccccc23)c1. The second kappa shape index (κ2) is 6.58. The first kappa shape index (κ1) is 14.5. The van der Waals surface area contributed by atoms with Gasteiger partial charge in [-0.25, -0.2) is 0 Å². The van der Waals surface area contributed by atoms with E-state index < -0.39 is 0 Å². The van der Waals surface area contributed by atoms with Gasteiger partial charge in [0, 0.05) is 10.3 Å². The van der Waals surface area contributed by atoms with Gasteiger partial charge in [-0.3, -0.25) is 4.79 Å². The normalized spacial score (nSPS) is 11.1. The van der Waals surface area contributed by atoms with E-state index in [0.29, 0.717) is 12.2 Å². The van der Waals surface area contributed by atoms with Crippen molar-refractivity contribution >= 4 is 33.3 Å². The third kappa shape index (κ3) is 3.10. The van der Waals surface area contributed by atoms with E-state index in [9.17, 15) is 4.79 Å². The number of allylic oxidation sites excluding steroid dienone is 1. The standard InChI is InChI=1S/C19H16O2S/c1-2-21-16-7-5-6-14(12-16)18(20)11-10-15-13-22-19-9-4-3-8-17(15)19/h3-13H,2H2,1H3. The van der Waals surface area contributed by atoms with Crippen molar-refractivity contribution in [3.63, 3.8) is 0 Å². The van der Waals surface area contributed by atoms with E-state index in [4.69, 9.17) is 4.74 Å². The van der Waals surface area contributed by atoms with E-state index in [1.807, 2.05) is 37.3 Å². The van der Waals surface area contributed by atoms with Crippen LogP contribution in [0.4, 0.5) is 0 Å². The Morgan fingerprint density at radius 3 is 2.91 bits per heavy atom. The predicted octanol–water partition coefficient (Wildman–Crippen LogP) is 5.20. The molecule has 3 rings (SSSR count). The Balaban J connectivity index is 1.83. The lowest BCUT2D eigenvalue weighted by molar-refractivity contribution is 0.104. The summed E-state index contributed by atoms with van der Waals surface area (Å²) < 4.78 is 6.66. The number of rotatable bonds is 5. The van der Waals surface area contributed by atoms with Crippen molar-refractivity contribution in [2.24, 2.45) is 0 Å². The number of ether oxygens (including phenoxy) is 1. The molecule has 0 radical (unpaired) electrons. The lowest BCUT2D eigenvalue weighted by Crippen LogP contribution is -1.96. The average Bonchev–Trinajstić information content (AvgIpc) is 2.96. The van der Waals surface area contributed by atoms with Crippen LogP contribution in [0, 0.1) is 0 Å². The molecule has 0 saturated carbocycles. The summed E-state index contributed by atoms with van der Waals surface area (Å²) in [6, 6.07) is 15.5. The molecule has 0 aliphatic heterocycles. The molecule has 0 saturated heterocycles. The fraction of sp³-hybridized carbons (Fsp3) is 0.105. The highest BCUT2D eigenvalue weighted by Gasteiger charge is 2.05. The van der Waals surface area contributed by atoms with Gasteiger partial charge in [-0.15, -0.1) is 11.3 Å². The molecule has 0 unspecified atom stereocenters. The molecule has 110 valence electrons. The van der Waals surface area contributed by atoms with Gasteiger partial charge in [-0.2, -0.15) is 0 Å². The largest absolute Gasteiger partial charge is 0.494 e. The smallest absolute Gasteiger partial charge is 0.185 e. The topological polar surface area (TPSA) is 26.3 Å². The van der Waals surface area contributed by atoms with Crippen molar-refractivity contribution in [2.75, 3.05) is 6.61 Å². The molecular weight excluding hydrogens is 292 g/mol. The third-order valence-electron chi connectivity index (χ3n) is 3.35. The van der Waals surface area contributed by atoms with Gasteiger partial charge in [-0.05, 0) is 53.6 Å². The van der Waals surface area contributed by atoms with E-state index in [0.717, 1.165) is 11.3 Å². The summed E-state index contributed by atoms with van der Waals surface area (Å²) in [4.78, 5) is 12.3. The van der Waals surface area contributed by atoms with Gasteiger partial charge >= 0.3 is 0 Å². The van der Waals surface area contributed by atoms with Gasteiger partial charge in [0.1, 0.15) is 5.75 Å². The molecule has 2 nitrogen and oxygen atoms in total. The van der Waals surface area contributed by atoms with Gasteiger partial charge in [0.2, 0.25) is 0 Å². The zero-order valence-electron chi connectivity index (χ0n) is 12.3. The third-order valence-corrected chi connectivity index (χ3v) is 4.34. The molecule has 0 N–H and O–H groups in total. The molecule has 0 aliphatic carbocycles. The first-order valence-corrected chi connectivity index (χ1v) is 8.07. The molecule has 0 fully saturated rings. The monoisotopic (exact) mass is 308 g/mol. The number of hydrogen-bond acceptors (Lipinski definition) is 3. The lowest BCUT2D eigenvalue weighted by Gasteiger charge is -2.03. The number of ketones is 1. The molecule has 0 bridgehead atoms. The van der Waals surface area contributed by atoms with Crippen molar-refractivity contribution in [3.05, 3.63) is 71.1 Å². The molecule has 0 aliphatic rings. The van der Waals surface area contributed by atoms with Crippen LogP contribution in [0.5, 0.6) is 5.75 Å². The minimum absolute atomic E-state index is 0.0168. The minimum Gasteiger partial charge on any atom is -0.494 e. The van der Waals surface area contributed by atoms with Crippen LogP contribution in [0.3, 0.4) is 0 Å². The number of carbonyl (C=O) groups excluding carboxylic acids is 1. The minimum atomic E-state index is -0.0168. The number of benzene rings is 2. The molecule has 1 heterocycles. The number of fused-ring (bicyclic) bond motifs is 1. The van der Waals surface area contributed by atoms with Crippen molar-refractivity contribution in [1.82, 2.24) is 0 Å². The highest BCUT2D eigenvalue weighted by Crippen LogP contribution is 2.26. The van der Waals surface area contributed by atoms with Gasteiger partial charge in [-0.1, -0.05) is 30.3 Å². The van der Waals surface area contributed by atoms with Crippen molar-refractivity contribution in [3.8, 4) is 5.75 Å². The summed E-state index contributed by atoms with van der Waals surface area (Å²) in [5.74, 6) is 0.708. The zero-order valence-corrected chi connectivity index (χ0v) is 13.1. The van der Waals surface area contributed by atoms with Crippen LogP contribution in [0.1, 0.15) is 22.8 Å². The maximum atomic E-state index is 12.3. The molecule has 3 heteroatoms. The molecular formula is C19H16O2S. The molecule has 0 atom stereocenters. The number of carbonyl (C=O) groups is 1. The first-order chi connectivity index (χ1) is 10.8. The second-order valence-electron chi connectivity index (χ2n) is 4.85. The number of hydrogen-bond donors (Lipinski definition) is 0. The Bertz CT molecular complexity index is 830. The summed E-state index contributed by atoms with van der Waals surface area (Å²) in [6.45, 7) is 2.52. The van der Waals surface area contributed by atoms with Gasteiger partial charge < -0.3 is 4.74 Å². The summed E-state index contributed by atoms with van der Waals surface area (Å²) in [5, 5.41) is 3.25. The molecule has 3 aromatic rings. The van der Waals surface area contributed by atoms with Gasteiger partial charge in [0.05, 0.1) is 6.61 Å². The summed E-state index contributed by atoms with van der Waals surface area (Å²) >= 11 is 1.69. The zero-order chi connectivity index (χ0) is 15.4. The molecule has 2 aromatic carbocycles. The van der Waals surface area contributed by atoms with Crippen LogP contribution in [0.25, 0.3) is 16.2 Å². The Kier molecular flexibility index (Phi) is 4.35. The van der Waals surface area contributed by atoms with Gasteiger partial charge in [0.25, 0.3) is 0 Å². The number of thiophene rings is 1. The quantitative estimate of drug-likeness (QED) is 0.478.